The fraction of sp³-hybridized carbons (Fsp3) is 0. The van der Waals surface area contributed by atoms with Crippen LogP contribution >= 0.6 is 0 Å². The molecule has 2 aliphatic rings. The lowest BCUT2D eigenvalue weighted by Gasteiger charge is -1.91. The van der Waals surface area contributed by atoms with E-state index in [2.05, 4.69) is 58.8 Å². The zero-order chi connectivity index (χ0) is 20.4. The van der Waals surface area contributed by atoms with E-state index in [0.29, 0.717) is 0 Å². The Balaban J connectivity index is 1.37. The second-order valence-corrected chi connectivity index (χ2v) is 6.32. The highest BCUT2D eigenvalue weighted by Crippen LogP contribution is 2.05. The summed E-state index contributed by atoms with van der Waals surface area (Å²) in [4.78, 5) is 0. The normalized spacial score (nSPS) is 11.7. The number of hydrogen-bond donors (Lipinski definition) is 0. The van der Waals surface area contributed by atoms with Crippen LogP contribution in [-0.2, 0) is 0 Å². The van der Waals surface area contributed by atoms with E-state index in [1.165, 1.54) is 0 Å². The van der Waals surface area contributed by atoms with Gasteiger partial charge in [-0.3, -0.25) is 0 Å². The maximum Gasteiger partial charge on any atom is 0.0667 e. The summed E-state index contributed by atoms with van der Waals surface area (Å²) >= 11 is 0. The first kappa shape index (κ1) is 18.6. The molecular weight excluding hydrogens is 360 g/mol. The molecule has 2 aliphatic carbocycles. The van der Waals surface area contributed by atoms with E-state index in [0.717, 1.165) is 33.4 Å². The average molecular weight is 374 g/mol. The van der Waals surface area contributed by atoms with Crippen molar-refractivity contribution < 1.29 is 0 Å². The Hall–Kier alpha value is -4.80. The monoisotopic (exact) mass is 374 g/mol. The van der Waals surface area contributed by atoms with E-state index in [1.807, 2.05) is 85.0 Å². The summed E-state index contributed by atoms with van der Waals surface area (Å²) in [5.41, 5.74) is 11.6. The van der Waals surface area contributed by atoms with Crippen molar-refractivity contribution in [3.63, 3.8) is 0 Å². The molecule has 0 radical (unpaired) electrons. The number of hydrogen-bond acceptors (Lipinski definition) is 0. The van der Waals surface area contributed by atoms with E-state index < -0.39 is 0 Å². The smallest absolute Gasteiger partial charge is 0.0667 e. The SMILES string of the molecule is C1=CC=CC=1C#Cc1ccc(C#CC#Cc2ccc(C#CC3=C=CC=C3)cc2)cc1. The molecule has 0 aromatic heterocycles. The van der Waals surface area contributed by atoms with Gasteiger partial charge in [0, 0.05) is 22.3 Å². The van der Waals surface area contributed by atoms with Crippen LogP contribution in [0.3, 0.4) is 0 Å². The summed E-state index contributed by atoms with van der Waals surface area (Å²) < 4.78 is 0. The van der Waals surface area contributed by atoms with E-state index in [-0.39, 0.29) is 0 Å². The molecule has 2 aromatic rings. The first-order valence-electron chi connectivity index (χ1n) is 9.38. The van der Waals surface area contributed by atoms with E-state index in [1.54, 1.807) is 0 Å². The van der Waals surface area contributed by atoms with E-state index in [4.69, 9.17) is 0 Å². The summed E-state index contributed by atoms with van der Waals surface area (Å²) in [7, 11) is 0. The highest BCUT2D eigenvalue weighted by molar-refractivity contribution is 5.51. The van der Waals surface area contributed by atoms with Gasteiger partial charge in [-0.15, -0.1) is 11.5 Å². The van der Waals surface area contributed by atoms with Crippen molar-refractivity contribution >= 4 is 0 Å². The van der Waals surface area contributed by atoms with Crippen molar-refractivity contribution in [1.82, 2.24) is 0 Å². The molecule has 0 fully saturated rings. The summed E-state index contributed by atoms with van der Waals surface area (Å²) in [6.07, 6.45) is 11.5. The Labute approximate surface area is 177 Å². The van der Waals surface area contributed by atoms with Crippen LogP contribution in [0.4, 0.5) is 0 Å². The number of benzene rings is 2. The third-order valence-electron chi connectivity index (χ3n) is 4.12. The number of allylic oxidation sites excluding steroid dienone is 6. The van der Waals surface area contributed by atoms with Gasteiger partial charge in [0.1, 0.15) is 0 Å². The summed E-state index contributed by atoms with van der Waals surface area (Å²) in [6, 6.07) is 15.6. The molecule has 0 amide bonds. The second-order valence-electron chi connectivity index (χ2n) is 6.32. The van der Waals surface area contributed by atoms with Gasteiger partial charge in [-0.2, -0.15) is 0 Å². The molecule has 4 rings (SSSR count). The van der Waals surface area contributed by atoms with Crippen molar-refractivity contribution in [2.24, 2.45) is 0 Å². The maximum absolute atomic E-state index is 3.12. The zero-order valence-electron chi connectivity index (χ0n) is 16.1. The topological polar surface area (TPSA) is 0 Å². The molecule has 0 N–H and O–H groups in total. The first-order chi connectivity index (χ1) is 14.8. The molecule has 0 heterocycles. The van der Waals surface area contributed by atoms with Crippen molar-refractivity contribution in [2.75, 3.05) is 0 Å². The largest absolute Gasteiger partial charge is 0.104 e. The molecule has 0 unspecified atom stereocenters. The lowest BCUT2D eigenvalue weighted by Crippen LogP contribution is -1.78. The van der Waals surface area contributed by atoms with E-state index >= 15 is 0 Å². The second kappa shape index (κ2) is 9.41. The Morgan fingerprint density at radius 1 is 0.433 bits per heavy atom. The van der Waals surface area contributed by atoms with Crippen molar-refractivity contribution in [2.45, 2.75) is 0 Å². The summed E-state index contributed by atoms with van der Waals surface area (Å²) in [5, 5.41) is 0. The van der Waals surface area contributed by atoms with Gasteiger partial charge in [-0.05, 0) is 84.7 Å². The van der Waals surface area contributed by atoms with Gasteiger partial charge in [0.05, 0.1) is 11.1 Å². The van der Waals surface area contributed by atoms with Gasteiger partial charge in [-0.25, -0.2) is 0 Å². The highest BCUT2D eigenvalue weighted by atomic mass is 13.9. The number of rotatable bonds is 0. The molecule has 2 aromatic carbocycles. The molecule has 0 atom stereocenters. The molecule has 30 heavy (non-hydrogen) atoms. The highest BCUT2D eigenvalue weighted by Gasteiger charge is 1.91. The van der Waals surface area contributed by atoms with Crippen molar-refractivity contribution in [3.8, 4) is 47.4 Å². The van der Waals surface area contributed by atoms with Crippen LogP contribution in [0.2, 0.25) is 0 Å². The van der Waals surface area contributed by atoms with Crippen LogP contribution < -0.4 is 0 Å². The Bertz CT molecular complexity index is 1310. The summed E-state index contributed by atoms with van der Waals surface area (Å²) in [6.45, 7) is 0. The van der Waals surface area contributed by atoms with Crippen LogP contribution in [0.25, 0.3) is 0 Å². The molecular formula is C30H14. The van der Waals surface area contributed by atoms with Gasteiger partial charge in [-0.1, -0.05) is 47.7 Å². The van der Waals surface area contributed by atoms with Gasteiger partial charge in [0.25, 0.3) is 0 Å². The van der Waals surface area contributed by atoms with Crippen LogP contribution in [0.1, 0.15) is 22.3 Å². The Morgan fingerprint density at radius 2 is 0.800 bits per heavy atom. The standard InChI is InChI=1S/C30H14/c1-2-8-25(7-1)13-19-29-21-15-27(16-22-29)11-5-6-12-28-17-23-30(24-18-28)20-14-26-9-3-4-10-26/h1-4,7,9,15-18,21-24H. The quantitative estimate of drug-likeness (QED) is 0.445. The minimum absolute atomic E-state index is 0.898. The molecule has 0 spiro atoms. The third kappa shape index (κ3) is 5.36. The molecule has 0 bridgehead atoms. The van der Waals surface area contributed by atoms with Crippen LogP contribution in [-0.4, -0.2) is 0 Å². The van der Waals surface area contributed by atoms with E-state index in [9.17, 15) is 0 Å². The molecule has 0 heteroatoms. The third-order valence-corrected chi connectivity index (χ3v) is 4.12. The van der Waals surface area contributed by atoms with Gasteiger partial charge >= 0.3 is 0 Å². The Kier molecular flexibility index (Phi) is 5.82. The minimum Gasteiger partial charge on any atom is -0.104 e. The zero-order valence-corrected chi connectivity index (χ0v) is 16.1. The van der Waals surface area contributed by atoms with Crippen LogP contribution in [0.15, 0.2) is 108 Å². The molecule has 0 saturated heterocycles. The average Bonchev–Trinajstić information content (AvgIpc) is 3.50. The van der Waals surface area contributed by atoms with Gasteiger partial charge in [0.15, 0.2) is 0 Å². The van der Waals surface area contributed by atoms with Gasteiger partial charge < -0.3 is 0 Å². The van der Waals surface area contributed by atoms with Crippen molar-refractivity contribution in [3.05, 3.63) is 130 Å². The molecule has 0 nitrogen and oxygen atoms in total. The summed E-state index contributed by atoms with van der Waals surface area (Å²) in [5.74, 6) is 24.3. The fourth-order valence-electron chi connectivity index (χ4n) is 2.58. The minimum atomic E-state index is 0.898. The fourth-order valence-corrected chi connectivity index (χ4v) is 2.58. The predicted molar refractivity (Wildman–Crippen MR) is 122 cm³/mol. The molecule has 0 saturated carbocycles. The lowest BCUT2D eigenvalue weighted by molar-refractivity contribution is 1.60. The Morgan fingerprint density at radius 3 is 1.13 bits per heavy atom. The lowest BCUT2D eigenvalue weighted by atomic mass is 10.1. The maximum atomic E-state index is 3.12. The molecule has 134 valence electrons. The first-order valence-corrected chi connectivity index (χ1v) is 9.38. The van der Waals surface area contributed by atoms with Crippen molar-refractivity contribution in [1.29, 1.82) is 0 Å². The van der Waals surface area contributed by atoms with Crippen LogP contribution in [0.5, 0.6) is 0 Å². The molecule has 0 aliphatic heterocycles. The van der Waals surface area contributed by atoms with Crippen LogP contribution in [0, 0.1) is 47.4 Å². The van der Waals surface area contributed by atoms with Gasteiger partial charge in [0.2, 0.25) is 0 Å². The predicted octanol–water partition coefficient (Wildman–Crippen LogP) is 5.10.